The fourth-order valence-electron chi connectivity index (χ4n) is 3.38. The first-order chi connectivity index (χ1) is 11.1. The number of ketones is 1. The van der Waals surface area contributed by atoms with Crippen LogP contribution < -0.4 is 4.90 Å². The third-order valence-electron chi connectivity index (χ3n) is 4.81. The first kappa shape index (κ1) is 15.7. The van der Waals surface area contributed by atoms with Crippen molar-refractivity contribution in [2.75, 3.05) is 19.6 Å². The van der Waals surface area contributed by atoms with Gasteiger partial charge in [0.15, 0.2) is 5.78 Å². The SMILES string of the molecule is CC[NH+](CC)CCC(=O)c1c(C)nn2c3ccccc3n(C)c12. The minimum absolute atomic E-state index is 0.197. The molecule has 0 spiro atoms. The summed E-state index contributed by atoms with van der Waals surface area (Å²) in [6.45, 7) is 9.25. The van der Waals surface area contributed by atoms with Crippen molar-refractivity contribution in [2.24, 2.45) is 7.05 Å². The Morgan fingerprint density at radius 3 is 2.48 bits per heavy atom. The van der Waals surface area contributed by atoms with Crippen molar-refractivity contribution in [3.8, 4) is 0 Å². The van der Waals surface area contributed by atoms with Crippen molar-refractivity contribution >= 4 is 22.5 Å². The number of carbonyl (C=O) groups is 1. The summed E-state index contributed by atoms with van der Waals surface area (Å²) in [6.07, 6.45) is 0.570. The van der Waals surface area contributed by atoms with E-state index in [1.807, 2.05) is 36.7 Å². The number of imidazole rings is 1. The van der Waals surface area contributed by atoms with E-state index in [1.165, 1.54) is 4.90 Å². The molecule has 0 unspecified atom stereocenters. The Morgan fingerprint density at radius 2 is 1.83 bits per heavy atom. The average Bonchev–Trinajstić information content (AvgIpc) is 3.04. The molecule has 122 valence electrons. The Labute approximate surface area is 136 Å². The van der Waals surface area contributed by atoms with Gasteiger partial charge in [-0.1, -0.05) is 12.1 Å². The monoisotopic (exact) mass is 313 g/mol. The number of rotatable bonds is 6. The number of aromatic nitrogens is 3. The predicted molar refractivity (Wildman–Crippen MR) is 92.3 cm³/mol. The predicted octanol–water partition coefficient (Wildman–Crippen LogP) is 1.63. The van der Waals surface area contributed by atoms with E-state index in [-0.39, 0.29) is 5.78 Å². The normalized spacial score (nSPS) is 11.9. The van der Waals surface area contributed by atoms with Gasteiger partial charge in [0.05, 0.1) is 48.3 Å². The number of Topliss-reactive ketones (excluding diaryl/α,β-unsaturated/α-hetero) is 1. The smallest absolute Gasteiger partial charge is 0.174 e. The zero-order valence-corrected chi connectivity index (χ0v) is 14.4. The molecule has 0 amide bonds. The summed E-state index contributed by atoms with van der Waals surface area (Å²) in [6, 6.07) is 8.13. The van der Waals surface area contributed by atoms with Crippen molar-refractivity contribution in [3.05, 3.63) is 35.5 Å². The zero-order chi connectivity index (χ0) is 16.6. The number of nitrogens with one attached hydrogen (secondary N) is 1. The number of carbonyl (C=O) groups excluding carboxylic acids is 1. The van der Waals surface area contributed by atoms with Crippen LogP contribution in [0.4, 0.5) is 0 Å². The summed E-state index contributed by atoms with van der Waals surface area (Å²) in [5.74, 6) is 0.197. The van der Waals surface area contributed by atoms with Crippen molar-refractivity contribution in [1.29, 1.82) is 0 Å². The summed E-state index contributed by atoms with van der Waals surface area (Å²) in [5.41, 5.74) is 4.64. The Bertz CT molecular complexity index is 855. The third-order valence-corrected chi connectivity index (χ3v) is 4.81. The Balaban J connectivity index is 2.03. The number of hydrogen-bond acceptors (Lipinski definition) is 2. The second kappa shape index (κ2) is 6.16. The number of fused-ring (bicyclic) bond motifs is 3. The van der Waals surface area contributed by atoms with Crippen LogP contribution in [-0.4, -0.2) is 39.6 Å². The van der Waals surface area contributed by atoms with Crippen LogP contribution in [0, 0.1) is 6.92 Å². The van der Waals surface area contributed by atoms with Crippen LogP contribution in [0.25, 0.3) is 16.7 Å². The molecule has 0 radical (unpaired) electrons. The van der Waals surface area contributed by atoms with Crippen LogP contribution in [-0.2, 0) is 7.05 Å². The maximum atomic E-state index is 12.8. The topological polar surface area (TPSA) is 43.7 Å². The highest BCUT2D eigenvalue weighted by Crippen LogP contribution is 2.24. The van der Waals surface area contributed by atoms with Gasteiger partial charge in [-0.05, 0) is 32.9 Å². The number of benzene rings is 1. The number of aryl methyl sites for hydroxylation is 2. The molecule has 1 N–H and O–H groups in total. The minimum atomic E-state index is 0.197. The molecule has 0 fully saturated rings. The quantitative estimate of drug-likeness (QED) is 0.703. The first-order valence-corrected chi connectivity index (χ1v) is 8.38. The van der Waals surface area contributed by atoms with Gasteiger partial charge in [0.1, 0.15) is 5.65 Å². The van der Waals surface area contributed by atoms with Gasteiger partial charge in [0.25, 0.3) is 0 Å². The molecule has 0 aliphatic carbocycles. The molecule has 0 saturated heterocycles. The van der Waals surface area contributed by atoms with Gasteiger partial charge in [-0.15, -0.1) is 0 Å². The van der Waals surface area contributed by atoms with Crippen LogP contribution in [0.5, 0.6) is 0 Å². The van der Waals surface area contributed by atoms with Gasteiger partial charge in [0, 0.05) is 7.05 Å². The lowest BCUT2D eigenvalue weighted by Gasteiger charge is -2.14. The Morgan fingerprint density at radius 1 is 1.17 bits per heavy atom. The standard InChI is InChI=1S/C18H24N4O/c1-5-21(6-2)12-11-16(23)17-13(3)19-22-15-10-8-7-9-14(15)20(4)18(17)22/h7-10H,5-6,11-12H2,1-4H3/p+1. The average molecular weight is 313 g/mol. The number of para-hydroxylation sites is 2. The summed E-state index contributed by atoms with van der Waals surface area (Å²) in [5, 5.41) is 4.62. The fraction of sp³-hybridized carbons (Fsp3) is 0.444. The van der Waals surface area contributed by atoms with Crippen LogP contribution >= 0.6 is 0 Å². The molecular formula is C18H25N4O+. The lowest BCUT2D eigenvalue weighted by Crippen LogP contribution is -3.11. The van der Waals surface area contributed by atoms with E-state index in [1.54, 1.807) is 0 Å². The van der Waals surface area contributed by atoms with Gasteiger partial charge in [-0.2, -0.15) is 5.10 Å². The Hall–Kier alpha value is -2.14. The lowest BCUT2D eigenvalue weighted by molar-refractivity contribution is -0.895. The van der Waals surface area contributed by atoms with Gasteiger partial charge in [-0.3, -0.25) is 4.79 Å². The van der Waals surface area contributed by atoms with Gasteiger partial charge < -0.3 is 9.47 Å². The van der Waals surface area contributed by atoms with E-state index in [9.17, 15) is 4.79 Å². The lowest BCUT2D eigenvalue weighted by atomic mass is 10.1. The second-order valence-electron chi connectivity index (χ2n) is 6.12. The molecular weight excluding hydrogens is 288 g/mol. The first-order valence-electron chi connectivity index (χ1n) is 8.38. The Kier molecular flexibility index (Phi) is 4.22. The summed E-state index contributed by atoms with van der Waals surface area (Å²) < 4.78 is 3.98. The molecule has 2 heterocycles. The number of quaternary nitrogens is 1. The molecule has 0 bridgehead atoms. The van der Waals surface area contributed by atoms with Gasteiger partial charge in [-0.25, -0.2) is 4.52 Å². The molecule has 5 nitrogen and oxygen atoms in total. The second-order valence-corrected chi connectivity index (χ2v) is 6.12. The van der Waals surface area contributed by atoms with Crippen molar-refractivity contribution < 1.29 is 9.69 Å². The van der Waals surface area contributed by atoms with E-state index in [2.05, 4.69) is 29.6 Å². The molecule has 3 aromatic rings. The molecule has 0 aliphatic heterocycles. The van der Waals surface area contributed by atoms with Crippen LogP contribution in [0.2, 0.25) is 0 Å². The largest absolute Gasteiger partial charge is 0.335 e. The molecule has 3 rings (SSSR count). The highest BCUT2D eigenvalue weighted by atomic mass is 16.1. The molecule has 0 saturated carbocycles. The van der Waals surface area contributed by atoms with E-state index in [4.69, 9.17) is 0 Å². The van der Waals surface area contributed by atoms with E-state index < -0.39 is 0 Å². The number of nitrogens with zero attached hydrogens (tertiary/aromatic N) is 3. The molecule has 1 aromatic carbocycles. The van der Waals surface area contributed by atoms with E-state index >= 15 is 0 Å². The maximum Gasteiger partial charge on any atom is 0.174 e. The third kappa shape index (κ3) is 2.55. The highest BCUT2D eigenvalue weighted by molar-refractivity contribution is 6.04. The molecule has 5 heteroatoms. The van der Waals surface area contributed by atoms with Crippen molar-refractivity contribution in [3.63, 3.8) is 0 Å². The fourth-order valence-corrected chi connectivity index (χ4v) is 3.38. The van der Waals surface area contributed by atoms with Gasteiger partial charge in [0.2, 0.25) is 0 Å². The van der Waals surface area contributed by atoms with E-state index in [0.717, 1.165) is 47.6 Å². The molecule has 2 aromatic heterocycles. The highest BCUT2D eigenvalue weighted by Gasteiger charge is 2.22. The van der Waals surface area contributed by atoms with Crippen LogP contribution in [0.15, 0.2) is 24.3 Å². The summed E-state index contributed by atoms with van der Waals surface area (Å²) in [4.78, 5) is 14.3. The number of hydrogen-bond donors (Lipinski definition) is 1. The van der Waals surface area contributed by atoms with Crippen molar-refractivity contribution in [2.45, 2.75) is 27.2 Å². The van der Waals surface area contributed by atoms with E-state index in [0.29, 0.717) is 6.42 Å². The molecule has 0 aliphatic rings. The van der Waals surface area contributed by atoms with Crippen molar-refractivity contribution in [1.82, 2.24) is 14.2 Å². The van der Waals surface area contributed by atoms with Crippen LogP contribution in [0.3, 0.4) is 0 Å². The summed E-state index contributed by atoms with van der Waals surface area (Å²) in [7, 11) is 2.01. The van der Waals surface area contributed by atoms with Crippen LogP contribution in [0.1, 0.15) is 36.3 Å². The van der Waals surface area contributed by atoms with Gasteiger partial charge >= 0.3 is 0 Å². The molecule has 0 atom stereocenters. The maximum absolute atomic E-state index is 12.8. The zero-order valence-electron chi connectivity index (χ0n) is 14.4. The summed E-state index contributed by atoms with van der Waals surface area (Å²) >= 11 is 0. The molecule has 23 heavy (non-hydrogen) atoms. The minimum Gasteiger partial charge on any atom is -0.335 e.